The smallest absolute Gasteiger partial charge is 0.308 e. The molecule has 0 bridgehead atoms. The highest BCUT2D eigenvalue weighted by molar-refractivity contribution is 5.96. The van der Waals surface area contributed by atoms with Crippen molar-refractivity contribution in [2.24, 2.45) is 5.73 Å². The predicted octanol–water partition coefficient (Wildman–Crippen LogP) is 2.86. The third kappa shape index (κ3) is 11.1. The van der Waals surface area contributed by atoms with Gasteiger partial charge in [0.25, 0.3) is 5.91 Å². The molecule has 2 aromatic carbocycles. The van der Waals surface area contributed by atoms with Gasteiger partial charge in [0.05, 0.1) is 26.1 Å². The number of ether oxygens (including phenoxy) is 1. The molecule has 1 aromatic heterocycles. The van der Waals surface area contributed by atoms with Gasteiger partial charge in [0.15, 0.2) is 0 Å². The fourth-order valence-electron chi connectivity index (χ4n) is 5.96. The standard InChI is InChI=1S/C37H50N8O6/c1-4-10-28(38)34(47)43-30(11-5-2)35(48)41-16-9-19-44-23-27-20-26(14-15-29(27)42-31(37(44)50)21-33(46)51-3)36(49)45(24-32-39-17-18-40-32)22-25-12-7-6-8-13-25/h6-8,12-15,17-18,20,28,30-31,42H,4-5,9-11,16,19,21-24,38H2,1-3H3,(H,39,40)(H,41,48)(H,43,47)/t28-,30-,31-/m0/s1. The number of hydrogen-bond donors (Lipinski definition) is 5. The second kappa shape index (κ2) is 19.2. The molecule has 6 N–H and O–H groups in total. The first-order valence-corrected chi connectivity index (χ1v) is 17.5. The molecule has 0 aliphatic carbocycles. The normalized spacial score (nSPS) is 15.1. The number of carbonyl (C=O) groups excluding carboxylic acids is 5. The first-order valence-electron chi connectivity index (χ1n) is 17.5. The van der Waals surface area contributed by atoms with Gasteiger partial charge in [-0.15, -0.1) is 0 Å². The minimum Gasteiger partial charge on any atom is -0.469 e. The van der Waals surface area contributed by atoms with E-state index in [0.29, 0.717) is 54.9 Å². The highest BCUT2D eigenvalue weighted by atomic mass is 16.5. The van der Waals surface area contributed by atoms with Gasteiger partial charge >= 0.3 is 5.97 Å². The first-order chi connectivity index (χ1) is 24.6. The van der Waals surface area contributed by atoms with Crippen LogP contribution in [0.4, 0.5) is 5.69 Å². The molecule has 2 heterocycles. The number of imidazole rings is 1. The molecule has 14 nitrogen and oxygen atoms in total. The predicted molar refractivity (Wildman–Crippen MR) is 192 cm³/mol. The lowest BCUT2D eigenvalue weighted by atomic mass is 10.1. The van der Waals surface area contributed by atoms with E-state index in [0.717, 1.165) is 12.0 Å². The number of carbonyl (C=O) groups is 5. The molecule has 0 saturated heterocycles. The van der Waals surface area contributed by atoms with Crippen LogP contribution in [0.1, 0.15) is 79.7 Å². The average molecular weight is 703 g/mol. The van der Waals surface area contributed by atoms with E-state index in [-0.39, 0.29) is 56.2 Å². The fourth-order valence-corrected chi connectivity index (χ4v) is 5.96. The number of nitrogens with zero attached hydrogens (tertiary/aromatic N) is 3. The second-order valence-electron chi connectivity index (χ2n) is 12.7. The third-order valence-electron chi connectivity index (χ3n) is 8.70. The SMILES string of the molecule is CCC[C@H](NC(=O)[C@@H](N)CCC)C(=O)NCCCN1Cc2cc(C(=O)N(Cc3ccccc3)Cc3ncc[nH]3)ccc2N[C@@H](CC(=O)OC)C1=O. The Kier molecular flexibility index (Phi) is 14.5. The van der Waals surface area contributed by atoms with Crippen molar-refractivity contribution in [2.75, 3.05) is 25.5 Å². The zero-order chi connectivity index (χ0) is 36.8. The zero-order valence-electron chi connectivity index (χ0n) is 29.7. The van der Waals surface area contributed by atoms with E-state index in [2.05, 4.69) is 25.9 Å². The Balaban J connectivity index is 1.49. The van der Waals surface area contributed by atoms with Gasteiger partial charge < -0.3 is 41.2 Å². The number of esters is 1. The summed E-state index contributed by atoms with van der Waals surface area (Å²) >= 11 is 0. The van der Waals surface area contributed by atoms with Gasteiger partial charge in [0, 0.05) is 49.8 Å². The summed E-state index contributed by atoms with van der Waals surface area (Å²) < 4.78 is 4.86. The Morgan fingerprint density at radius 2 is 1.82 bits per heavy atom. The number of rotatable bonds is 18. The summed E-state index contributed by atoms with van der Waals surface area (Å²) in [6.45, 7) is 5.19. The Morgan fingerprint density at radius 1 is 1.06 bits per heavy atom. The Morgan fingerprint density at radius 3 is 2.51 bits per heavy atom. The Bertz CT molecular complexity index is 1620. The second-order valence-corrected chi connectivity index (χ2v) is 12.7. The van der Waals surface area contributed by atoms with Gasteiger partial charge in [-0.25, -0.2) is 4.98 Å². The Labute approximate surface area is 298 Å². The molecule has 14 heteroatoms. The molecular formula is C37H50N8O6. The molecule has 0 unspecified atom stereocenters. The number of H-pyrrole nitrogens is 1. The number of anilines is 1. The molecule has 0 radical (unpaired) electrons. The molecule has 0 fully saturated rings. The van der Waals surface area contributed by atoms with Gasteiger partial charge in [-0.2, -0.15) is 0 Å². The van der Waals surface area contributed by atoms with Crippen molar-refractivity contribution in [3.8, 4) is 0 Å². The summed E-state index contributed by atoms with van der Waals surface area (Å²) in [6, 6.07) is 12.6. The van der Waals surface area contributed by atoms with Crippen LogP contribution in [-0.2, 0) is 43.5 Å². The molecule has 274 valence electrons. The lowest BCUT2D eigenvalue weighted by Gasteiger charge is -2.25. The van der Waals surface area contributed by atoms with Gasteiger partial charge in [0.1, 0.15) is 17.9 Å². The summed E-state index contributed by atoms with van der Waals surface area (Å²) in [5.41, 5.74) is 8.68. The molecule has 3 aromatic rings. The highest BCUT2D eigenvalue weighted by Gasteiger charge is 2.32. The van der Waals surface area contributed by atoms with Crippen molar-refractivity contribution < 1.29 is 28.7 Å². The van der Waals surface area contributed by atoms with Crippen molar-refractivity contribution in [1.29, 1.82) is 0 Å². The lowest BCUT2D eigenvalue weighted by Crippen LogP contribution is -2.51. The molecule has 1 aliphatic heterocycles. The molecule has 1 aliphatic rings. The van der Waals surface area contributed by atoms with Crippen LogP contribution in [0.2, 0.25) is 0 Å². The highest BCUT2D eigenvalue weighted by Crippen LogP contribution is 2.27. The van der Waals surface area contributed by atoms with Crippen molar-refractivity contribution in [1.82, 2.24) is 30.4 Å². The number of nitrogens with one attached hydrogen (secondary N) is 4. The van der Waals surface area contributed by atoms with Crippen molar-refractivity contribution in [2.45, 2.75) is 90.1 Å². The molecule has 3 atom stereocenters. The third-order valence-corrected chi connectivity index (χ3v) is 8.70. The molecule has 51 heavy (non-hydrogen) atoms. The van der Waals surface area contributed by atoms with Crippen LogP contribution in [0.5, 0.6) is 0 Å². The van der Waals surface area contributed by atoms with Crippen LogP contribution >= 0.6 is 0 Å². The number of nitrogens with two attached hydrogens (primary N) is 1. The van der Waals surface area contributed by atoms with Gasteiger partial charge in [-0.05, 0) is 48.6 Å². The molecule has 4 amide bonds. The molecule has 0 spiro atoms. The topological polar surface area (TPSA) is 192 Å². The van der Waals surface area contributed by atoms with Gasteiger partial charge in [0.2, 0.25) is 17.7 Å². The van der Waals surface area contributed by atoms with E-state index in [1.165, 1.54) is 7.11 Å². The number of aromatic amines is 1. The van der Waals surface area contributed by atoms with E-state index in [1.807, 2.05) is 44.2 Å². The largest absolute Gasteiger partial charge is 0.469 e. The summed E-state index contributed by atoms with van der Waals surface area (Å²) in [4.78, 5) is 76.2. The van der Waals surface area contributed by atoms with E-state index < -0.39 is 24.1 Å². The van der Waals surface area contributed by atoms with Crippen LogP contribution in [-0.4, -0.2) is 87.7 Å². The maximum absolute atomic E-state index is 14.0. The quantitative estimate of drug-likeness (QED) is 0.0980. The number of fused-ring (bicyclic) bond motifs is 1. The fraction of sp³-hybridized carbons (Fsp3) is 0.459. The summed E-state index contributed by atoms with van der Waals surface area (Å²) in [6.07, 6.45) is 6.01. The minimum absolute atomic E-state index is 0.175. The minimum atomic E-state index is -0.889. The molecule has 0 saturated carbocycles. The number of aromatic nitrogens is 2. The monoisotopic (exact) mass is 702 g/mol. The zero-order valence-corrected chi connectivity index (χ0v) is 29.7. The van der Waals surface area contributed by atoms with Crippen LogP contribution in [0.25, 0.3) is 0 Å². The van der Waals surface area contributed by atoms with E-state index in [1.54, 1.807) is 40.4 Å². The number of amides is 4. The van der Waals surface area contributed by atoms with Crippen molar-refractivity contribution in [3.63, 3.8) is 0 Å². The van der Waals surface area contributed by atoms with Crippen LogP contribution < -0.4 is 21.7 Å². The number of hydrogen-bond acceptors (Lipinski definition) is 9. The van der Waals surface area contributed by atoms with E-state index >= 15 is 0 Å². The Hall–Kier alpha value is -5.24. The van der Waals surface area contributed by atoms with Gasteiger partial charge in [-0.3, -0.25) is 24.0 Å². The summed E-state index contributed by atoms with van der Waals surface area (Å²) in [5.74, 6) is -1.08. The van der Waals surface area contributed by atoms with Crippen LogP contribution in [0, 0.1) is 0 Å². The lowest BCUT2D eigenvalue weighted by molar-refractivity contribution is -0.144. The van der Waals surface area contributed by atoms with Gasteiger partial charge in [-0.1, -0.05) is 57.0 Å². The summed E-state index contributed by atoms with van der Waals surface area (Å²) in [5, 5.41) is 8.85. The first kappa shape index (κ1) is 38.6. The molecular weight excluding hydrogens is 652 g/mol. The van der Waals surface area contributed by atoms with Crippen molar-refractivity contribution >= 4 is 35.3 Å². The summed E-state index contributed by atoms with van der Waals surface area (Å²) in [7, 11) is 1.27. The van der Waals surface area contributed by atoms with Crippen LogP contribution in [0.3, 0.4) is 0 Å². The average Bonchev–Trinajstić information content (AvgIpc) is 3.61. The molecule has 4 rings (SSSR count). The maximum Gasteiger partial charge on any atom is 0.308 e. The van der Waals surface area contributed by atoms with E-state index in [9.17, 15) is 24.0 Å². The maximum atomic E-state index is 14.0. The number of benzene rings is 2. The van der Waals surface area contributed by atoms with E-state index in [4.69, 9.17) is 10.5 Å². The van der Waals surface area contributed by atoms with Crippen LogP contribution in [0.15, 0.2) is 60.9 Å². The van der Waals surface area contributed by atoms with Crippen molar-refractivity contribution in [3.05, 3.63) is 83.4 Å². The number of methoxy groups -OCH3 is 1.